The average molecular weight is 243 g/mol. The van der Waals surface area contributed by atoms with Gasteiger partial charge in [0.25, 0.3) is 0 Å². The van der Waals surface area contributed by atoms with Crippen molar-refractivity contribution < 1.29 is 22.7 Å². The highest BCUT2D eigenvalue weighted by molar-refractivity contribution is 5.54. The molecule has 0 radical (unpaired) electrons. The van der Waals surface area contributed by atoms with Crippen molar-refractivity contribution in [2.75, 3.05) is 0 Å². The first-order valence-corrected chi connectivity index (χ1v) is 4.74. The molecule has 2 aromatic rings. The van der Waals surface area contributed by atoms with Gasteiger partial charge in [-0.05, 0) is 18.2 Å². The number of oxazole rings is 1. The number of aromatic nitrogens is 1. The molecule has 0 unspecified atom stereocenters. The molecule has 0 aliphatic carbocycles. The van der Waals surface area contributed by atoms with Gasteiger partial charge in [-0.1, -0.05) is 6.07 Å². The van der Waals surface area contributed by atoms with Crippen molar-refractivity contribution in [3.63, 3.8) is 0 Å². The van der Waals surface area contributed by atoms with E-state index in [1.165, 1.54) is 18.3 Å². The molecule has 1 N–H and O–H groups in total. The van der Waals surface area contributed by atoms with Crippen LogP contribution in [0.15, 0.2) is 34.9 Å². The molecule has 0 atom stereocenters. The van der Waals surface area contributed by atoms with E-state index < -0.39 is 11.7 Å². The normalized spacial score (nSPS) is 11.8. The Morgan fingerprint density at radius 2 is 2.06 bits per heavy atom. The highest BCUT2D eigenvalue weighted by Crippen LogP contribution is 2.31. The van der Waals surface area contributed by atoms with Crippen LogP contribution in [-0.4, -0.2) is 10.1 Å². The van der Waals surface area contributed by atoms with Crippen LogP contribution >= 0.6 is 0 Å². The fourth-order valence-corrected chi connectivity index (χ4v) is 1.34. The van der Waals surface area contributed by atoms with Crippen LogP contribution in [0.5, 0.6) is 0 Å². The Balaban J connectivity index is 2.39. The molecule has 0 aliphatic heterocycles. The number of alkyl halides is 3. The second-order valence-electron chi connectivity index (χ2n) is 3.37. The first-order chi connectivity index (χ1) is 8.00. The average Bonchev–Trinajstić information content (AvgIpc) is 2.76. The lowest BCUT2D eigenvalue weighted by Gasteiger charge is -2.06. The van der Waals surface area contributed by atoms with Crippen molar-refractivity contribution in [3.8, 4) is 11.5 Å². The number of nitrogens with zero attached hydrogens (tertiary/aromatic N) is 1. The first kappa shape index (κ1) is 11.7. The zero-order valence-corrected chi connectivity index (χ0v) is 8.53. The molecule has 0 bridgehead atoms. The maximum absolute atomic E-state index is 12.5. The SMILES string of the molecule is OCc1cnc(-c2cccc(C(F)(F)F)c2)o1. The third-order valence-corrected chi connectivity index (χ3v) is 2.15. The molecule has 0 saturated carbocycles. The quantitative estimate of drug-likeness (QED) is 0.882. The van der Waals surface area contributed by atoms with Crippen molar-refractivity contribution in [2.24, 2.45) is 0 Å². The van der Waals surface area contributed by atoms with Crippen LogP contribution in [0.2, 0.25) is 0 Å². The summed E-state index contributed by atoms with van der Waals surface area (Å²) in [4.78, 5) is 3.79. The molecular weight excluding hydrogens is 235 g/mol. The Morgan fingerprint density at radius 1 is 1.29 bits per heavy atom. The predicted octanol–water partition coefficient (Wildman–Crippen LogP) is 2.85. The van der Waals surface area contributed by atoms with Gasteiger partial charge < -0.3 is 9.52 Å². The highest BCUT2D eigenvalue weighted by atomic mass is 19.4. The molecule has 1 aromatic carbocycles. The van der Waals surface area contributed by atoms with E-state index in [4.69, 9.17) is 9.52 Å². The van der Waals surface area contributed by atoms with Gasteiger partial charge in [0, 0.05) is 5.56 Å². The molecule has 1 aromatic heterocycles. The summed E-state index contributed by atoms with van der Waals surface area (Å²) in [6.07, 6.45) is -3.13. The van der Waals surface area contributed by atoms with Crippen LogP contribution in [0.3, 0.4) is 0 Å². The van der Waals surface area contributed by atoms with Crippen LogP contribution in [0.25, 0.3) is 11.5 Å². The van der Waals surface area contributed by atoms with Crippen molar-refractivity contribution in [2.45, 2.75) is 12.8 Å². The van der Waals surface area contributed by atoms with Crippen LogP contribution < -0.4 is 0 Å². The Morgan fingerprint density at radius 3 is 2.65 bits per heavy atom. The van der Waals surface area contributed by atoms with Crippen molar-refractivity contribution in [3.05, 3.63) is 41.8 Å². The highest BCUT2D eigenvalue weighted by Gasteiger charge is 2.30. The number of hydrogen-bond acceptors (Lipinski definition) is 3. The topological polar surface area (TPSA) is 46.3 Å². The molecule has 0 fully saturated rings. The van der Waals surface area contributed by atoms with E-state index in [1.807, 2.05) is 0 Å². The smallest absolute Gasteiger partial charge is 0.416 e. The van der Waals surface area contributed by atoms with Gasteiger partial charge in [0.1, 0.15) is 12.4 Å². The maximum Gasteiger partial charge on any atom is 0.416 e. The molecule has 1 heterocycles. The van der Waals surface area contributed by atoms with Crippen LogP contribution in [0.1, 0.15) is 11.3 Å². The lowest BCUT2D eigenvalue weighted by molar-refractivity contribution is -0.137. The summed E-state index contributed by atoms with van der Waals surface area (Å²) in [5.74, 6) is 0.262. The van der Waals surface area contributed by atoms with Crippen molar-refractivity contribution in [1.29, 1.82) is 0 Å². The number of hydrogen-bond donors (Lipinski definition) is 1. The minimum atomic E-state index is -4.40. The molecule has 0 spiro atoms. The Bertz CT molecular complexity index is 519. The fourth-order valence-electron chi connectivity index (χ4n) is 1.34. The van der Waals surface area contributed by atoms with Crippen LogP contribution in [-0.2, 0) is 12.8 Å². The van der Waals surface area contributed by atoms with Crippen LogP contribution in [0.4, 0.5) is 13.2 Å². The van der Waals surface area contributed by atoms with Gasteiger partial charge in [-0.25, -0.2) is 4.98 Å². The number of rotatable bonds is 2. The van der Waals surface area contributed by atoms with Gasteiger partial charge in [-0.2, -0.15) is 13.2 Å². The number of aliphatic hydroxyl groups is 1. The van der Waals surface area contributed by atoms with E-state index in [-0.39, 0.29) is 23.8 Å². The number of halogens is 3. The molecule has 90 valence electrons. The van der Waals surface area contributed by atoms with E-state index in [9.17, 15) is 13.2 Å². The second kappa shape index (κ2) is 4.21. The molecule has 17 heavy (non-hydrogen) atoms. The van der Waals surface area contributed by atoms with Crippen LogP contribution in [0, 0.1) is 0 Å². The van der Waals surface area contributed by atoms with E-state index in [2.05, 4.69) is 4.98 Å². The summed E-state index contributed by atoms with van der Waals surface area (Å²) in [7, 11) is 0. The summed E-state index contributed by atoms with van der Waals surface area (Å²) in [6.45, 7) is -0.341. The zero-order valence-electron chi connectivity index (χ0n) is 8.53. The maximum atomic E-state index is 12.5. The van der Waals surface area contributed by atoms with E-state index >= 15 is 0 Å². The van der Waals surface area contributed by atoms with E-state index in [0.717, 1.165) is 12.1 Å². The third-order valence-electron chi connectivity index (χ3n) is 2.15. The van der Waals surface area contributed by atoms with Crippen molar-refractivity contribution >= 4 is 0 Å². The minimum absolute atomic E-state index is 0.0557. The summed E-state index contributed by atoms with van der Waals surface area (Å²) >= 11 is 0. The van der Waals surface area contributed by atoms with Gasteiger partial charge in [-0.3, -0.25) is 0 Å². The summed E-state index contributed by atoms with van der Waals surface area (Å²) in [5, 5.41) is 8.77. The molecular formula is C11H8F3NO2. The molecule has 0 saturated heterocycles. The monoisotopic (exact) mass is 243 g/mol. The van der Waals surface area contributed by atoms with E-state index in [1.54, 1.807) is 0 Å². The van der Waals surface area contributed by atoms with E-state index in [0.29, 0.717) is 0 Å². The summed E-state index contributed by atoms with van der Waals surface area (Å²) in [5.41, 5.74) is -0.543. The minimum Gasteiger partial charge on any atom is -0.439 e. The molecule has 0 amide bonds. The van der Waals surface area contributed by atoms with Gasteiger partial charge in [-0.15, -0.1) is 0 Å². The lowest BCUT2D eigenvalue weighted by atomic mass is 10.1. The number of benzene rings is 1. The largest absolute Gasteiger partial charge is 0.439 e. The molecule has 2 rings (SSSR count). The zero-order chi connectivity index (χ0) is 12.5. The third kappa shape index (κ3) is 2.47. The predicted molar refractivity (Wildman–Crippen MR) is 52.9 cm³/mol. The standard InChI is InChI=1S/C11H8F3NO2/c12-11(13,14)8-3-1-2-7(4-8)10-15-5-9(6-16)17-10/h1-5,16H,6H2. The Kier molecular flexibility index (Phi) is 2.89. The van der Waals surface area contributed by atoms with Gasteiger partial charge in [0.05, 0.1) is 11.8 Å². The fraction of sp³-hybridized carbons (Fsp3) is 0.182. The molecule has 0 aliphatic rings. The van der Waals surface area contributed by atoms with Gasteiger partial charge >= 0.3 is 6.18 Å². The number of aliphatic hydroxyl groups excluding tert-OH is 1. The van der Waals surface area contributed by atoms with Crippen molar-refractivity contribution in [1.82, 2.24) is 4.98 Å². The Labute approximate surface area is 94.5 Å². The Hall–Kier alpha value is -1.82. The molecule has 3 nitrogen and oxygen atoms in total. The summed E-state index contributed by atoms with van der Waals surface area (Å²) in [6, 6.07) is 4.66. The molecule has 6 heteroatoms. The van der Waals surface area contributed by atoms with Gasteiger partial charge in [0.15, 0.2) is 0 Å². The second-order valence-corrected chi connectivity index (χ2v) is 3.37. The lowest BCUT2D eigenvalue weighted by Crippen LogP contribution is -2.04. The first-order valence-electron chi connectivity index (χ1n) is 4.74. The summed E-state index contributed by atoms with van der Waals surface area (Å²) < 4.78 is 42.4. The van der Waals surface area contributed by atoms with Gasteiger partial charge in [0.2, 0.25) is 5.89 Å².